The SMILES string of the molecule is CCCc1nc(-c2c(F)ccc(C)c2F)oc1C(=O)O. The van der Waals surface area contributed by atoms with Gasteiger partial charge in [-0.3, -0.25) is 0 Å². The van der Waals surface area contributed by atoms with Crippen molar-refractivity contribution in [2.24, 2.45) is 0 Å². The molecular weight excluding hydrogens is 268 g/mol. The summed E-state index contributed by atoms with van der Waals surface area (Å²) >= 11 is 0. The van der Waals surface area contributed by atoms with Gasteiger partial charge in [-0.2, -0.15) is 0 Å². The number of aromatic carboxylic acids is 1. The van der Waals surface area contributed by atoms with Crippen molar-refractivity contribution in [1.29, 1.82) is 0 Å². The van der Waals surface area contributed by atoms with Crippen LogP contribution < -0.4 is 0 Å². The minimum absolute atomic E-state index is 0.190. The zero-order valence-corrected chi connectivity index (χ0v) is 11.0. The lowest BCUT2D eigenvalue weighted by Gasteiger charge is -2.02. The normalized spacial score (nSPS) is 10.8. The highest BCUT2D eigenvalue weighted by atomic mass is 19.1. The molecule has 1 aromatic carbocycles. The van der Waals surface area contributed by atoms with Crippen LogP contribution in [0.5, 0.6) is 0 Å². The molecule has 0 unspecified atom stereocenters. The second kappa shape index (κ2) is 5.40. The molecule has 0 amide bonds. The molecule has 0 spiro atoms. The Morgan fingerprint density at radius 1 is 1.40 bits per heavy atom. The number of rotatable bonds is 4. The van der Waals surface area contributed by atoms with Crippen LogP contribution in [0.3, 0.4) is 0 Å². The van der Waals surface area contributed by atoms with Gasteiger partial charge in [0, 0.05) is 0 Å². The predicted molar refractivity (Wildman–Crippen MR) is 67.5 cm³/mol. The van der Waals surface area contributed by atoms with Crippen LogP contribution in [-0.2, 0) is 6.42 Å². The molecule has 106 valence electrons. The standard InChI is InChI=1S/C14H13F2NO3/c1-3-4-9-12(14(18)19)20-13(17-9)10-8(15)6-5-7(2)11(10)16/h5-6H,3-4H2,1-2H3,(H,18,19). The first kappa shape index (κ1) is 14.2. The van der Waals surface area contributed by atoms with Crippen LogP contribution in [0.2, 0.25) is 0 Å². The highest BCUT2D eigenvalue weighted by Gasteiger charge is 2.24. The van der Waals surface area contributed by atoms with Crippen LogP contribution in [0.25, 0.3) is 11.5 Å². The number of carboxylic acid groups (broad SMARTS) is 1. The van der Waals surface area contributed by atoms with Crippen molar-refractivity contribution < 1.29 is 23.1 Å². The minimum Gasteiger partial charge on any atom is -0.475 e. The van der Waals surface area contributed by atoms with Gasteiger partial charge in [0.25, 0.3) is 0 Å². The number of carboxylic acids is 1. The van der Waals surface area contributed by atoms with Gasteiger partial charge in [0.15, 0.2) is 0 Å². The molecule has 20 heavy (non-hydrogen) atoms. The molecular formula is C14H13F2NO3. The molecule has 2 aromatic rings. The lowest BCUT2D eigenvalue weighted by Crippen LogP contribution is -1.99. The zero-order valence-electron chi connectivity index (χ0n) is 11.0. The summed E-state index contributed by atoms with van der Waals surface area (Å²) in [5, 5.41) is 9.02. The number of benzene rings is 1. The molecule has 2 rings (SSSR count). The van der Waals surface area contributed by atoms with Crippen LogP contribution in [0.4, 0.5) is 8.78 Å². The molecule has 0 saturated carbocycles. The molecule has 0 aliphatic carbocycles. The molecule has 0 saturated heterocycles. The van der Waals surface area contributed by atoms with Gasteiger partial charge < -0.3 is 9.52 Å². The van der Waals surface area contributed by atoms with E-state index in [1.54, 1.807) is 0 Å². The molecule has 1 heterocycles. The highest BCUT2D eigenvalue weighted by molar-refractivity contribution is 5.86. The van der Waals surface area contributed by atoms with E-state index in [2.05, 4.69) is 4.98 Å². The highest BCUT2D eigenvalue weighted by Crippen LogP contribution is 2.29. The number of nitrogens with zero attached hydrogens (tertiary/aromatic N) is 1. The first-order valence-corrected chi connectivity index (χ1v) is 6.13. The molecule has 1 N–H and O–H groups in total. The first-order chi connectivity index (χ1) is 9.45. The van der Waals surface area contributed by atoms with Crippen LogP contribution >= 0.6 is 0 Å². The van der Waals surface area contributed by atoms with Gasteiger partial charge in [-0.15, -0.1) is 0 Å². The van der Waals surface area contributed by atoms with Crippen molar-refractivity contribution in [3.05, 3.63) is 40.8 Å². The van der Waals surface area contributed by atoms with Crippen molar-refractivity contribution in [3.8, 4) is 11.5 Å². The fourth-order valence-electron chi connectivity index (χ4n) is 1.88. The van der Waals surface area contributed by atoms with Crippen molar-refractivity contribution >= 4 is 5.97 Å². The van der Waals surface area contributed by atoms with Gasteiger partial charge in [0.1, 0.15) is 17.2 Å². The number of halogens is 2. The van der Waals surface area contributed by atoms with Crippen molar-refractivity contribution in [1.82, 2.24) is 4.98 Å². The Labute approximate surface area is 114 Å². The Balaban J connectivity index is 2.62. The Bertz CT molecular complexity index is 665. The summed E-state index contributed by atoms with van der Waals surface area (Å²) in [5.74, 6) is -3.66. The van der Waals surface area contributed by atoms with E-state index in [-0.39, 0.29) is 22.9 Å². The van der Waals surface area contributed by atoms with E-state index >= 15 is 0 Å². The van der Waals surface area contributed by atoms with Crippen LogP contribution in [-0.4, -0.2) is 16.1 Å². The Morgan fingerprint density at radius 2 is 2.10 bits per heavy atom. The Kier molecular flexibility index (Phi) is 3.83. The summed E-state index contributed by atoms with van der Waals surface area (Å²) in [6.45, 7) is 3.32. The first-order valence-electron chi connectivity index (χ1n) is 6.13. The second-order valence-electron chi connectivity index (χ2n) is 4.40. The van der Waals surface area contributed by atoms with E-state index in [1.165, 1.54) is 13.0 Å². The summed E-state index contributed by atoms with van der Waals surface area (Å²) in [7, 11) is 0. The fraction of sp³-hybridized carbons (Fsp3) is 0.286. The minimum atomic E-state index is -1.30. The number of hydrogen-bond donors (Lipinski definition) is 1. The van der Waals surface area contributed by atoms with Gasteiger partial charge in [-0.05, 0) is 25.0 Å². The number of hydrogen-bond acceptors (Lipinski definition) is 3. The zero-order chi connectivity index (χ0) is 14.9. The quantitative estimate of drug-likeness (QED) is 0.930. The molecule has 0 aliphatic rings. The summed E-state index contributed by atoms with van der Waals surface area (Å²) in [6, 6.07) is 2.39. The van der Waals surface area contributed by atoms with Gasteiger partial charge in [0.2, 0.25) is 11.7 Å². The van der Waals surface area contributed by atoms with E-state index in [0.29, 0.717) is 12.8 Å². The van der Waals surface area contributed by atoms with Gasteiger partial charge in [0.05, 0.1) is 5.69 Å². The molecule has 0 fully saturated rings. The van der Waals surface area contributed by atoms with E-state index < -0.39 is 23.2 Å². The van der Waals surface area contributed by atoms with E-state index in [1.807, 2.05) is 6.92 Å². The third kappa shape index (κ3) is 2.41. The molecule has 4 nitrogen and oxygen atoms in total. The average molecular weight is 281 g/mol. The molecule has 0 bridgehead atoms. The molecule has 0 atom stereocenters. The maximum atomic E-state index is 14.0. The van der Waals surface area contributed by atoms with Crippen LogP contribution in [0.15, 0.2) is 16.5 Å². The average Bonchev–Trinajstić information content (AvgIpc) is 2.79. The number of aromatic nitrogens is 1. The smallest absolute Gasteiger partial charge is 0.373 e. The third-order valence-corrected chi connectivity index (χ3v) is 2.88. The molecule has 0 aliphatic heterocycles. The topological polar surface area (TPSA) is 63.3 Å². The third-order valence-electron chi connectivity index (χ3n) is 2.88. The fourth-order valence-corrected chi connectivity index (χ4v) is 1.88. The lowest BCUT2D eigenvalue weighted by molar-refractivity contribution is 0.0661. The van der Waals surface area contributed by atoms with Crippen LogP contribution in [0, 0.1) is 18.6 Å². The molecule has 0 radical (unpaired) electrons. The van der Waals surface area contributed by atoms with E-state index in [9.17, 15) is 13.6 Å². The molecule has 1 aromatic heterocycles. The maximum absolute atomic E-state index is 14.0. The van der Waals surface area contributed by atoms with Gasteiger partial charge in [-0.1, -0.05) is 19.4 Å². The van der Waals surface area contributed by atoms with Crippen molar-refractivity contribution in [3.63, 3.8) is 0 Å². The number of carbonyl (C=O) groups is 1. The van der Waals surface area contributed by atoms with Gasteiger partial charge >= 0.3 is 5.97 Å². The van der Waals surface area contributed by atoms with Gasteiger partial charge in [-0.25, -0.2) is 18.6 Å². The summed E-state index contributed by atoms with van der Waals surface area (Å²) in [5.41, 5.74) is -0.0151. The number of oxazole rings is 1. The number of aryl methyl sites for hydroxylation is 2. The Morgan fingerprint density at radius 3 is 2.70 bits per heavy atom. The summed E-state index contributed by atoms with van der Waals surface area (Å²) in [4.78, 5) is 15.0. The monoisotopic (exact) mass is 281 g/mol. The van der Waals surface area contributed by atoms with Crippen molar-refractivity contribution in [2.75, 3.05) is 0 Å². The van der Waals surface area contributed by atoms with E-state index in [4.69, 9.17) is 9.52 Å². The predicted octanol–water partition coefficient (Wildman–Crippen LogP) is 3.58. The summed E-state index contributed by atoms with van der Waals surface area (Å²) < 4.78 is 32.8. The Hall–Kier alpha value is -2.24. The molecule has 6 heteroatoms. The lowest BCUT2D eigenvalue weighted by atomic mass is 10.1. The van der Waals surface area contributed by atoms with E-state index in [0.717, 1.165) is 6.07 Å². The summed E-state index contributed by atoms with van der Waals surface area (Å²) in [6.07, 6.45) is 1.01. The maximum Gasteiger partial charge on any atom is 0.373 e. The second-order valence-corrected chi connectivity index (χ2v) is 4.40. The largest absolute Gasteiger partial charge is 0.475 e. The van der Waals surface area contributed by atoms with Crippen LogP contribution in [0.1, 0.15) is 35.2 Å². The van der Waals surface area contributed by atoms with Crippen molar-refractivity contribution in [2.45, 2.75) is 26.7 Å².